The van der Waals surface area contributed by atoms with Crippen molar-refractivity contribution in [2.75, 3.05) is 31.3 Å². The number of likely N-dealkylation sites (N-methyl/N-ethyl adjacent to an activating group) is 1. The van der Waals surface area contributed by atoms with Crippen LogP contribution in [0.2, 0.25) is 10.0 Å². The summed E-state index contributed by atoms with van der Waals surface area (Å²) in [6, 6.07) is 19.7. The molecule has 0 aliphatic carbocycles. The average Bonchev–Trinajstić information content (AvgIpc) is 2.88. The fourth-order valence-corrected chi connectivity index (χ4v) is 5.33. The second-order valence-electron chi connectivity index (χ2n) is 8.59. The highest BCUT2D eigenvalue weighted by molar-refractivity contribution is 7.92. The molecule has 0 saturated carbocycles. The maximum atomic E-state index is 13.9. The molecule has 0 radical (unpaired) electrons. The Morgan fingerprint density at radius 1 is 0.947 bits per heavy atom. The molecule has 0 unspecified atom stereocenters. The highest BCUT2D eigenvalue weighted by atomic mass is 35.5. The van der Waals surface area contributed by atoms with Crippen molar-refractivity contribution in [3.63, 3.8) is 0 Å². The van der Waals surface area contributed by atoms with E-state index in [-0.39, 0.29) is 34.6 Å². The molecule has 0 spiro atoms. The van der Waals surface area contributed by atoms with Crippen molar-refractivity contribution in [1.29, 1.82) is 0 Å². The molecule has 1 N–H and O–H groups in total. The van der Waals surface area contributed by atoms with E-state index in [4.69, 9.17) is 27.9 Å². The summed E-state index contributed by atoms with van der Waals surface area (Å²) in [5.74, 6) is -0.388. The number of carbonyl (C=O) groups is 2. The maximum absolute atomic E-state index is 13.9. The minimum Gasteiger partial charge on any atom is -0.497 e. The number of hydrogen-bond donors (Lipinski definition) is 1. The second kappa shape index (κ2) is 13.0. The van der Waals surface area contributed by atoms with Crippen LogP contribution in [-0.2, 0) is 32.6 Å². The molecule has 0 fully saturated rings. The van der Waals surface area contributed by atoms with Gasteiger partial charge in [-0.15, -0.1) is 0 Å². The number of ether oxygens (including phenoxy) is 1. The Balaban J connectivity index is 2.05. The van der Waals surface area contributed by atoms with Crippen LogP contribution in [0.15, 0.2) is 72.8 Å². The Morgan fingerprint density at radius 3 is 2.16 bits per heavy atom. The van der Waals surface area contributed by atoms with Crippen LogP contribution in [0.3, 0.4) is 0 Å². The Bertz CT molecular complexity index is 1370. The van der Waals surface area contributed by atoms with Gasteiger partial charge in [-0.25, -0.2) is 8.42 Å². The lowest BCUT2D eigenvalue weighted by Gasteiger charge is -2.33. The summed E-state index contributed by atoms with van der Waals surface area (Å²) in [6.45, 7) is -0.531. The maximum Gasteiger partial charge on any atom is 0.244 e. The van der Waals surface area contributed by atoms with Crippen molar-refractivity contribution < 1.29 is 22.7 Å². The number of rotatable bonds is 11. The summed E-state index contributed by atoms with van der Waals surface area (Å²) in [5.41, 5.74) is 1.68. The SMILES string of the molecule is CNC(=O)[C@H](Cc1ccccc1)N(Cc1cccc(OC)c1)C(=O)CN(c1cc(Cl)cc(Cl)c1)S(C)(=O)=O. The summed E-state index contributed by atoms with van der Waals surface area (Å²) >= 11 is 12.2. The van der Waals surface area contributed by atoms with Crippen LogP contribution < -0.4 is 14.4 Å². The average molecular weight is 579 g/mol. The first-order chi connectivity index (χ1) is 18.0. The highest BCUT2D eigenvalue weighted by Gasteiger charge is 2.32. The van der Waals surface area contributed by atoms with E-state index in [1.54, 1.807) is 24.3 Å². The summed E-state index contributed by atoms with van der Waals surface area (Å²) in [4.78, 5) is 28.4. The van der Waals surface area contributed by atoms with Gasteiger partial charge < -0.3 is 15.0 Å². The number of anilines is 1. The third kappa shape index (κ3) is 7.86. The fourth-order valence-electron chi connectivity index (χ4n) is 3.99. The third-order valence-electron chi connectivity index (χ3n) is 5.82. The summed E-state index contributed by atoms with van der Waals surface area (Å²) in [6.07, 6.45) is 1.21. The smallest absolute Gasteiger partial charge is 0.244 e. The lowest BCUT2D eigenvalue weighted by Crippen LogP contribution is -2.52. The van der Waals surface area contributed by atoms with Gasteiger partial charge in [-0.05, 0) is 41.5 Å². The second-order valence-corrected chi connectivity index (χ2v) is 11.4. The summed E-state index contributed by atoms with van der Waals surface area (Å²) in [5, 5.41) is 3.07. The first kappa shape index (κ1) is 29.3. The Morgan fingerprint density at radius 2 is 1.58 bits per heavy atom. The molecule has 11 heteroatoms. The molecule has 3 aromatic carbocycles. The number of benzene rings is 3. The van der Waals surface area contributed by atoms with Gasteiger partial charge in [0.1, 0.15) is 18.3 Å². The first-order valence-electron chi connectivity index (χ1n) is 11.6. The zero-order valence-electron chi connectivity index (χ0n) is 21.2. The predicted octanol–water partition coefficient (Wildman–Crippen LogP) is 4.15. The van der Waals surface area contributed by atoms with Gasteiger partial charge in [-0.3, -0.25) is 13.9 Å². The van der Waals surface area contributed by atoms with Crippen LogP contribution >= 0.6 is 23.2 Å². The van der Waals surface area contributed by atoms with Crippen LogP contribution in [0.1, 0.15) is 11.1 Å². The quantitative estimate of drug-likeness (QED) is 0.369. The van der Waals surface area contributed by atoms with E-state index in [1.807, 2.05) is 30.3 Å². The zero-order valence-corrected chi connectivity index (χ0v) is 23.6. The first-order valence-corrected chi connectivity index (χ1v) is 14.2. The zero-order chi connectivity index (χ0) is 27.9. The van der Waals surface area contributed by atoms with E-state index in [9.17, 15) is 18.0 Å². The number of nitrogens with zero attached hydrogens (tertiary/aromatic N) is 2. The molecule has 2 amide bonds. The number of nitrogens with one attached hydrogen (secondary N) is 1. The van der Waals surface area contributed by atoms with E-state index in [0.29, 0.717) is 11.3 Å². The van der Waals surface area contributed by atoms with Crippen LogP contribution in [0.4, 0.5) is 5.69 Å². The predicted molar refractivity (Wildman–Crippen MR) is 150 cm³/mol. The van der Waals surface area contributed by atoms with Crippen molar-refractivity contribution in [2.24, 2.45) is 0 Å². The number of sulfonamides is 1. The monoisotopic (exact) mass is 577 g/mol. The van der Waals surface area contributed by atoms with Gasteiger partial charge in [-0.2, -0.15) is 0 Å². The molecule has 0 saturated heterocycles. The largest absolute Gasteiger partial charge is 0.497 e. The molecule has 0 aliphatic heterocycles. The van der Waals surface area contributed by atoms with Gasteiger partial charge in [0.25, 0.3) is 0 Å². The Labute approximate surface area is 233 Å². The van der Waals surface area contributed by atoms with Crippen molar-refractivity contribution in [2.45, 2.75) is 19.0 Å². The lowest BCUT2D eigenvalue weighted by atomic mass is 10.0. The van der Waals surface area contributed by atoms with E-state index >= 15 is 0 Å². The molecule has 0 heterocycles. The number of methoxy groups -OCH3 is 1. The van der Waals surface area contributed by atoms with Gasteiger partial charge in [0.05, 0.1) is 19.1 Å². The molecule has 0 aliphatic rings. The van der Waals surface area contributed by atoms with Crippen molar-refractivity contribution >= 4 is 50.7 Å². The molecule has 3 rings (SSSR count). The molecule has 1 atom stereocenters. The highest BCUT2D eigenvalue weighted by Crippen LogP contribution is 2.27. The number of carbonyl (C=O) groups excluding carboxylic acids is 2. The van der Waals surface area contributed by atoms with Gasteiger partial charge in [-0.1, -0.05) is 65.7 Å². The molecule has 0 aromatic heterocycles. The van der Waals surface area contributed by atoms with Crippen molar-refractivity contribution in [3.05, 3.63) is 94.0 Å². The molecule has 202 valence electrons. The van der Waals surface area contributed by atoms with Crippen LogP contribution in [0.5, 0.6) is 5.75 Å². The van der Waals surface area contributed by atoms with E-state index in [2.05, 4.69) is 5.32 Å². The van der Waals surface area contributed by atoms with Gasteiger partial charge in [0.15, 0.2) is 0 Å². The molecule has 3 aromatic rings. The van der Waals surface area contributed by atoms with Crippen LogP contribution in [0.25, 0.3) is 0 Å². The summed E-state index contributed by atoms with van der Waals surface area (Å²) < 4.78 is 31.8. The van der Waals surface area contributed by atoms with E-state index in [1.165, 1.54) is 37.3 Å². The van der Waals surface area contributed by atoms with Gasteiger partial charge >= 0.3 is 0 Å². The van der Waals surface area contributed by atoms with Gasteiger partial charge in [0.2, 0.25) is 21.8 Å². The Hall–Kier alpha value is -3.27. The number of amides is 2. The molecular weight excluding hydrogens is 549 g/mol. The third-order valence-corrected chi connectivity index (χ3v) is 7.40. The van der Waals surface area contributed by atoms with Crippen molar-refractivity contribution in [1.82, 2.24) is 10.2 Å². The number of halogens is 2. The normalized spacial score (nSPS) is 11.9. The van der Waals surface area contributed by atoms with Crippen LogP contribution in [-0.4, -0.2) is 58.1 Å². The Kier molecular flexibility index (Phi) is 10.0. The molecule has 8 nitrogen and oxygen atoms in total. The van der Waals surface area contributed by atoms with E-state index < -0.39 is 28.5 Å². The lowest BCUT2D eigenvalue weighted by molar-refractivity contribution is -0.139. The number of hydrogen-bond acceptors (Lipinski definition) is 5. The van der Waals surface area contributed by atoms with Crippen LogP contribution in [0, 0.1) is 0 Å². The standard InChI is InChI=1S/C27H29Cl2N3O5S/c1-30-27(34)25(13-19-8-5-4-6-9-19)31(17-20-10-7-11-24(12-20)37-2)26(33)18-32(38(3,35)36)23-15-21(28)14-22(29)16-23/h4-12,14-16,25H,13,17-18H2,1-3H3,(H,30,34)/t25-/m0/s1. The topological polar surface area (TPSA) is 96.0 Å². The van der Waals surface area contributed by atoms with Crippen molar-refractivity contribution in [3.8, 4) is 5.75 Å². The molecular formula is C27H29Cl2N3O5S. The summed E-state index contributed by atoms with van der Waals surface area (Å²) in [7, 11) is -0.902. The minimum atomic E-state index is -3.93. The minimum absolute atomic E-state index is 0.0366. The fraction of sp³-hybridized carbons (Fsp3) is 0.259. The van der Waals surface area contributed by atoms with Gasteiger partial charge in [0, 0.05) is 30.1 Å². The van der Waals surface area contributed by atoms with E-state index in [0.717, 1.165) is 16.1 Å². The molecule has 0 bridgehead atoms. The molecule has 38 heavy (non-hydrogen) atoms.